The molecular formula is C22H27ClN2S. The molecule has 5 rings (SSSR count). The van der Waals surface area contributed by atoms with Crippen molar-refractivity contribution in [2.24, 2.45) is 0 Å². The minimum atomic E-state index is 0.414. The number of halogens is 1. The zero-order valence-corrected chi connectivity index (χ0v) is 17.0. The van der Waals surface area contributed by atoms with Gasteiger partial charge in [-0.1, -0.05) is 30.5 Å². The van der Waals surface area contributed by atoms with Gasteiger partial charge in [0, 0.05) is 42.2 Å². The van der Waals surface area contributed by atoms with E-state index in [9.17, 15) is 0 Å². The topological polar surface area (TPSA) is 6.48 Å². The highest BCUT2D eigenvalue weighted by Crippen LogP contribution is 2.49. The zero-order valence-electron chi connectivity index (χ0n) is 15.5. The van der Waals surface area contributed by atoms with Crippen LogP contribution in [0.25, 0.3) is 0 Å². The molecule has 138 valence electrons. The third-order valence-electron chi connectivity index (χ3n) is 7.19. The fraction of sp³-hybridized carbons (Fsp3) is 0.545. The molecule has 2 nitrogen and oxygen atoms in total. The largest absolute Gasteiger partial charge is 0.298 e. The molecular weight excluding hydrogens is 360 g/mol. The summed E-state index contributed by atoms with van der Waals surface area (Å²) in [5.74, 6) is 0.526. The summed E-state index contributed by atoms with van der Waals surface area (Å²) in [4.78, 5) is 5.44. The van der Waals surface area contributed by atoms with E-state index in [4.69, 9.17) is 11.6 Å². The van der Waals surface area contributed by atoms with Gasteiger partial charge in [-0.3, -0.25) is 9.80 Å². The number of nitrogens with zero attached hydrogens (tertiary/aromatic N) is 2. The van der Waals surface area contributed by atoms with Crippen molar-refractivity contribution >= 4 is 22.9 Å². The lowest BCUT2D eigenvalue weighted by molar-refractivity contribution is -0.00181. The van der Waals surface area contributed by atoms with Gasteiger partial charge >= 0.3 is 0 Å². The fourth-order valence-corrected chi connectivity index (χ4v) is 6.59. The molecule has 2 atom stereocenters. The number of hydrogen-bond donors (Lipinski definition) is 0. The van der Waals surface area contributed by atoms with E-state index in [2.05, 4.69) is 51.9 Å². The Hall–Kier alpha value is -0.870. The van der Waals surface area contributed by atoms with E-state index in [1.165, 1.54) is 68.4 Å². The van der Waals surface area contributed by atoms with Crippen molar-refractivity contribution in [2.75, 3.05) is 26.7 Å². The van der Waals surface area contributed by atoms with Gasteiger partial charge in [-0.2, -0.15) is 11.3 Å². The van der Waals surface area contributed by atoms with Crippen molar-refractivity contribution in [1.82, 2.24) is 9.80 Å². The van der Waals surface area contributed by atoms with Crippen LogP contribution in [0.3, 0.4) is 0 Å². The molecule has 26 heavy (non-hydrogen) atoms. The van der Waals surface area contributed by atoms with Crippen LogP contribution in [0.4, 0.5) is 0 Å². The standard InChI is InChI=1S/C22H27ClN2S/c1-24-9-10-25(15-22(24)7-2-3-8-22)21-13-19(16-6-11-26-14-16)18-5-4-17(23)12-20(18)21/h4-6,11-12,14,19,21H,2-3,7-10,13,15H2,1H3/t19-,21+/m0/s1. The number of likely N-dealkylation sites (N-methyl/N-ethyl adjacent to an activating group) is 1. The molecule has 2 aromatic rings. The summed E-state index contributed by atoms with van der Waals surface area (Å²) in [6.45, 7) is 3.58. The van der Waals surface area contributed by atoms with Gasteiger partial charge in [-0.15, -0.1) is 0 Å². The monoisotopic (exact) mass is 386 g/mol. The Morgan fingerprint density at radius 3 is 2.73 bits per heavy atom. The van der Waals surface area contributed by atoms with Gasteiger partial charge in [0.2, 0.25) is 0 Å². The minimum absolute atomic E-state index is 0.414. The molecule has 1 saturated heterocycles. The first kappa shape index (κ1) is 17.2. The summed E-state index contributed by atoms with van der Waals surface area (Å²) in [5, 5.41) is 5.42. The molecule has 1 aliphatic heterocycles. The number of piperazine rings is 1. The first-order valence-corrected chi connectivity index (χ1v) is 11.3. The van der Waals surface area contributed by atoms with Crippen molar-refractivity contribution in [3.63, 3.8) is 0 Å². The van der Waals surface area contributed by atoms with Crippen LogP contribution in [0.15, 0.2) is 35.0 Å². The molecule has 0 amide bonds. The predicted octanol–water partition coefficient (Wildman–Crippen LogP) is 5.54. The minimum Gasteiger partial charge on any atom is -0.298 e. The number of benzene rings is 1. The van der Waals surface area contributed by atoms with Crippen molar-refractivity contribution in [3.05, 3.63) is 56.7 Å². The van der Waals surface area contributed by atoms with Gasteiger partial charge in [0.05, 0.1) is 0 Å². The Labute approximate surface area is 165 Å². The molecule has 1 spiro atoms. The van der Waals surface area contributed by atoms with E-state index < -0.39 is 0 Å². The summed E-state index contributed by atoms with van der Waals surface area (Å²) in [6, 6.07) is 9.41. The van der Waals surface area contributed by atoms with Crippen LogP contribution >= 0.6 is 22.9 Å². The maximum atomic E-state index is 6.42. The Bertz CT molecular complexity index is 781. The second-order valence-corrected chi connectivity index (χ2v) is 9.67. The number of fused-ring (bicyclic) bond motifs is 1. The van der Waals surface area contributed by atoms with Crippen molar-refractivity contribution < 1.29 is 0 Å². The summed E-state index contributed by atoms with van der Waals surface area (Å²) in [6.07, 6.45) is 6.71. The molecule has 2 fully saturated rings. The number of hydrogen-bond acceptors (Lipinski definition) is 3. The molecule has 0 N–H and O–H groups in total. The quantitative estimate of drug-likeness (QED) is 0.668. The zero-order chi connectivity index (χ0) is 17.7. The Balaban J connectivity index is 1.49. The second-order valence-electron chi connectivity index (χ2n) is 8.46. The average molecular weight is 387 g/mol. The van der Waals surface area contributed by atoms with Gasteiger partial charge in [-0.05, 0) is 72.0 Å². The first-order chi connectivity index (χ1) is 12.7. The van der Waals surface area contributed by atoms with Crippen LogP contribution in [-0.4, -0.2) is 42.0 Å². The summed E-state index contributed by atoms with van der Waals surface area (Å²) in [5.41, 5.74) is 4.87. The van der Waals surface area contributed by atoms with E-state index in [0.717, 1.165) is 5.02 Å². The molecule has 1 saturated carbocycles. The number of rotatable bonds is 2. The SMILES string of the molecule is CN1CCN([C@@H]2C[C@@H](c3ccsc3)c3ccc(Cl)cc32)CC12CCCC2. The molecule has 1 aromatic carbocycles. The molecule has 4 heteroatoms. The van der Waals surface area contributed by atoms with Crippen LogP contribution in [0, 0.1) is 0 Å². The van der Waals surface area contributed by atoms with Crippen LogP contribution < -0.4 is 0 Å². The highest BCUT2D eigenvalue weighted by Gasteiger charge is 2.45. The molecule has 3 aliphatic rings. The molecule has 2 heterocycles. The Kier molecular flexibility index (Phi) is 4.40. The molecule has 0 bridgehead atoms. The lowest BCUT2D eigenvalue weighted by Gasteiger charge is -2.49. The van der Waals surface area contributed by atoms with Crippen molar-refractivity contribution in [1.29, 1.82) is 0 Å². The van der Waals surface area contributed by atoms with E-state index in [1.54, 1.807) is 0 Å². The van der Waals surface area contributed by atoms with Crippen LogP contribution in [0.5, 0.6) is 0 Å². The van der Waals surface area contributed by atoms with Gasteiger partial charge in [0.15, 0.2) is 0 Å². The second kappa shape index (κ2) is 6.63. The Morgan fingerprint density at radius 2 is 1.96 bits per heavy atom. The van der Waals surface area contributed by atoms with Crippen LogP contribution in [0.2, 0.25) is 5.02 Å². The van der Waals surface area contributed by atoms with Crippen LogP contribution in [0.1, 0.15) is 60.8 Å². The third-order valence-corrected chi connectivity index (χ3v) is 8.13. The average Bonchev–Trinajstić information content (AvgIpc) is 3.37. The lowest BCUT2D eigenvalue weighted by atomic mass is 9.90. The highest BCUT2D eigenvalue weighted by atomic mass is 35.5. The van der Waals surface area contributed by atoms with Crippen molar-refractivity contribution in [3.8, 4) is 0 Å². The van der Waals surface area contributed by atoms with Gasteiger partial charge in [-0.25, -0.2) is 0 Å². The molecule has 0 radical (unpaired) electrons. The lowest BCUT2D eigenvalue weighted by Crippen LogP contribution is -2.59. The predicted molar refractivity (Wildman–Crippen MR) is 110 cm³/mol. The molecule has 2 aliphatic carbocycles. The fourth-order valence-electron chi connectivity index (χ4n) is 5.70. The Morgan fingerprint density at radius 1 is 1.12 bits per heavy atom. The van der Waals surface area contributed by atoms with E-state index >= 15 is 0 Å². The maximum absolute atomic E-state index is 6.42. The van der Waals surface area contributed by atoms with Gasteiger partial charge in [0.25, 0.3) is 0 Å². The molecule has 1 aromatic heterocycles. The van der Waals surface area contributed by atoms with E-state index in [-0.39, 0.29) is 0 Å². The smallest absolute Gasteiger partial charge is 0.0409 e. The summed E-state index contributed by atoms with van der Waals surface area (Å²) < 4.78 is 0. The van der Waals surface area contributed by atoms with Gasteiger partial charge in [0.1, 0.15) is 0 Å². The van der Waals surface area contributed by atoms with E-state index in [0.29, 0.717) is 17.5 Å². The van der Waals surface area contributed by atoms with Crippen molar-refractivity contribution in [2.45, 2.75) is 49.6 Å². The molecule has 0 unspecified atom stereocenters. The number of thiophene rings is 1. The highest BCUT2D eigenvalue weighted by molar-refractivity contribution is 7.08. The summed E-state index contributed by atoms with van der Waals surface area (Å²) in [7, 11) is 2.34. The normalized spacial score (nSPS) is 28.7. The maximum Gasteiger partial charge on any atom is 0.0409 e. The first-order valence-electron chi connectivity index (χ1n) is 9.93. The third kappa shape index (κ3) is 2.75. The van der Waals surface area contributed by atoms with Crippen LogP contribution in [-0.2, 0) is 0 Å². The summed E-state index contributed by atoms with van der Waals surface area (Å²) >= 11 is 8.23. The van der Waals surface area contributed by atoms with Gasteiger partial charge < -0.3 is 0 Å². The van der Waals surface area contributed by atoms with E-state index in [1.807, 2.05) is 11.3 Å².